The monoisotopic (exact) mass is 325 g/mol. The Morgan fingerprint density at radius 2 is 1.75 bits per heavy atom. The number of hydrogen-bond donors (Lipinski definition) is 0. The summed E-state index contributed by atoms with van der Waals surface area (Å²) >= 11 is 0. The fourth-order valence-electron chi connectivity index (χ4n) is 2.51. The summed E-state index contributed by atoms with van der Waals surface area (Å²) in [5, 5.41) is 0. The van der Waals surface area contributed by atoms with E-state index >= 15 is 0 Å². The maximum Gasteiger partial charge on any atom is 0.231 e. The molecule has 3 rings (SSSR count). The summed E-state index contributed by atoms with van der Waals surface area (Å²) in [5.41, 5.74) is 3.21. The molecule has 1 aliphatic heterocycles. The predicted molar refractivity (Wildman–Crippen MR) is 96.1 cm³/mol. The van der Waals surface area contributed by atoms with Gasteiger partial charge in [-0.05, 0) is 36.1 Å². The second-order valence-corrected chi connectivity index (χ2v) is 6.73. The molecule has 126 valence electrons. The van der Waals surface area contributed by atoms with Gasteiger partial charge in [-0.3, -0.25) is 4.99 Å². The molecule has 24 heavy (non-hydrogen) atoms. The molecule has 0 radical (unpaired) electrons. The van der Waals surface area contributed by atoms with Gasteiger partial charge in [-0.2, -0.15) is 0 Å². The van der Waals surface area contributed by atoms with Gasteiger partial charge in [0.05, 0.1) is 12.3 Å². The lowest BCUT2D eigenvalue weighted by molar-refractivity contribution is 0.174. The van der Waals surface area contributed by atoms with Gasteiger partial charge in [-0.25, -0.2) is 0 Å². The topological polar surface area (TPSA) is 40.0 Å². The van der Waals surface area contributed by atoms with Crippen molar-refractivity contribution in [2.45, 2.75) is 33.1 Å². The molecule has 0 amide bonds. The van der Waals surface area contributed by atoms with Crippen molar-refractivity contribution in [3.63, 3.8) is 0 Å². The van der Waals surface area contributed by atoms with Crippen LogP contribution in [0, 0.1) is 0 Å². The molecule has 1 aliphatic rings. The van der Waals surface area contributed by atoms with Crippen molar-refractivity contribution in [3.05, 3.63) is 47.5 Å². The highest BCUT2D eigenvalue weighted by Gasteiger charge is 2.17. The van der Waals surface area contributed by atoms with Gasteiger partial charge in [-0.15, -0.1) is 0 Å². The van der Waals surface area contributed by atoms with Gasteiger partial charge < -0.3 is 14.2 Å². The normalized spacial score (nSPS) is 13.5. The van der Waals surface area contributed by atoms with Crippen LogP contribution in [-0.2, 0) is 5.41 Å². The molecule has 0 aromatic heterocycles. The number of fused-ring (bicyclic) bond motifs is 1. The zero-order valence-corrected chi connectivity index (χ0v) is 14.6. The van der Waals surface area contributed by atoms with Gasteiger partial charge in [0, 0.05) is 17.8 Å². The predicted octanol–water partition coefficient (Wildman–Crippen LogP) is 4.86. The summed E-state index contributed by atoms with van der Waals surface area (Å²) in [7, 11) is 0. The lowest BCUT2D eigenvalue weighted by Gasteiger charge is -2.18. The number of nitrogens with zero attached hydrogens (tertiary/aromatic N) is 1. The van der Waals surface area contributed by atoms with Crippen LogP contribution in [0.2, 0.25) is 0 Å². The summed E-state index contributed by atoms with van der Waals surface area (Å²) < 4.78 is 16.5. The summed E-state index contributed by atoms with van der Waals surface area (Å²) in [4.78, 5) is 4.57. The number of rotatable bonds is 4. The maximum atomic E-state index is 5.69. The molecule has 0 aliphatic carbocycles. The van der Waals surface area contributed by atoms with Crippen LogP contribution in [0.15, 0.2) is 41.4 Å². The van der Waals surface area contributed by atoms with Crippen molar-refractivity contribution >= 4 is 11.9 Å². The minimum absolute atomic E-state index is 0.141. The lowest BCUT2D eigenvalue weighted by Crippen LogP contribution is -2.10. The van der Waals surface area contributed by atoms with E-state index in [1.807, 2.05) is 31.2 Å². The second-order valence-electron chi connectivity index (χ2n) is 6.73. The van der Waals surface area contributed by atoms with E-state index in [0.29, 0.717) is 12.4 Å². The Kier molecular flexibility index (Phi) is 4.47. The quantitative estimate of drug-likeness (QED) is 0.754. The summed E-state index contributed by atoms with van der Waals surface area (Å²) in [6.07, 6.45) is 1.80. The van der Waals surface area contributed by atoms with Crippen LogP contribution in [0.4, 0.5) is 5.69 Å². The highest BCUT2D eigenvalue weighted by molar-refractivity contribution is 5.87. The Labute approximate surface area is 143 Å². The Balaban J connectivity index is 1.86. The number of ether oxygens (including phenoxy) is 3. The van der Waals surface area contributed by atoms with Crippen molar-refractivity contribution in [1.29, 1.82) is 0 Å². The molecule has 4 heteroatoms. The first kappa shape index (κ1) is 16.4. The molecule has 0 bridgehead atoms. The zero-order valence-electron chi connectivity index (χ0n) is 14.6. The van der Waals surface area contributed by atoms with E-state index in [1.54, 1.807) is 6.21 Å². The van der Waals surface area contributed by atoms with Crippen LogP contribution < -0.4 is 14.2 Å². The second kappa shape index (κ2) is 6.56. The standard InChI is InChI=1S/C20H23NO3/c1-5-22-17-11-19-18(23-13-24-19)10-14(17)12-21-16-8-6-15(7-9-16)20(2,3)4/h6-12H,5,13H2,1-4H3. The molecule has 2 aromatic rings. The fraction of sp³-hybridized carbons (Fsp3) is 0.350. The number of aliphatic imine (C=N–C) groups is 1. The van der Waals surface area contributed by atoms with Crippen molar-refractivity contribution in [3.8, 4) is 17.2 Å². The van der Waals surface area contributed by atoms with Gasteiger partial charge in [0.25, 0.3) is 0 Å². The van der Waals surface area contributed by atoms with Crippen LogP contribution in [0.5, 0.6) is 17.2 Å². The first-order valence-corrected chi connectivity index (χ1v) is 8.18. The molecule has 0 fully saturated rings. The molecule has 0 saturated carbocycles. The van der Waals surface area contributed by atoms with Gasteiger partial charge in [0.2, 0.25) is 6.79 Å². The Bertz CT molecular complexity index is 743. The van der Waals surface area contributed by atoms with E-state index < -0.39 is 0 Å². The van der Waals surface area contributed by atoms with Crippen molar-refractivity contribution in [2.24, 2.45) is 4.99 Å². The SMILES string of the molecule is CCOc1cc2c(cc1C=Nc1ccc(C(C)(C)C)cc1)OCO2. The first-order chi connectivity index (χ1) is 11.5. The van der Waals surface area contributed by atoms with Crippen LogP contribution in [0.1, 0.15) is 38.8 Å². The van der Waals surface area contributed by atoms with Gasteiger partial charge in [0.1, 0.15) is 5.75 Å². The Hall–Kier alpha value is -2.49. The van der Waals surface area contributed by atoms with Gasteiger partial charge in [-0.1, -0.05) is 32.9 Å². The van der Waals surface area contributed by atoms with Crippen LogP contribution in [0.25, 0.3) is 0 Å². The molecule has 0 spiro atoms. The van der Waals surface area contributed by atoms with Crippen molar-refractivity contribution < 1.29 is 14.2 Å². The van der Waals surface area contributed by atoms with Crippen LogP contribution in [0.3, 0.4) is 0 Å². The van der Waals surface area contributed by atoms with E-state index in [2.05, 4.69) is 37.9 Å². The van der Waals surface area contributed by atoms with E-state index in [1.165, 1.54) is 5.56 Å². The number of benzene rings is 2. The molecule has 0 atom stereocenters. The van der Waals surface area contributed by atoms with E-state index in [0.717, 1.165) is 22.7 Å². The van der Waals surface area contributed by atoms with Crippen molar-refractivity contribution in [2.75, 3.05) is 13.4 Å². The molecular formula is C20H23NO3. The molecular weight excluding hydrogens is 302 g/mol. The van der Waals surface area contributed by atoms with Gasteiger partial charge in [0.15, 0.2) is 11.5 Å². The minimum atomic E-state index is 0.141. The van der Waals surface area contributed by atoms with E-state index in [-0.39, 0.29) is 12.2 Å². The third kappa shape index (κ3) is 3.53. The van der Waals surface area contributed by atoms with Crippen LogP contribution in [-0.4, -0.2) is 19.6 Å². The largest absolute Gasteiger partial charge is 0.493 e. The summed E-state index contributed by atoms with van der Waals surface area (Å²) in [6, 6.07) is 12.1. The molecule has 0 N–H and O–H groups in total. The average molecular weight is 325 g/mol. The number of hydrogen-bond acceptors (Lipinski definition) is 4. The highest BCUT2D eigenvalue weighted by Crippen LogP contribution is 2.37. The lowest BCUT2D eigenvalue weighted by atomic mass is 9.87. The summed E-state index contributed by atoms with van der Waals surface area (Å²) in [6.45, 7) is 9.39. The molecule has 4 nitrogen and oxygen atoms in total. The zero-order chi connectivity index (χ0) is 17.2. The first-order valence-electron chi connectivity index (χ1n) is 8.18. The average Bonchev–Trinajstić information content (AvgIpc) is 2.99. The molecule has 1 heterocycles. The van der Waals surface area contributed by atoms with E-state index in [4.69, 9.17) is 14.2 Å². The third-order valence-electron chi connectivity index (χ3n) is 3.89. The third-order valence-corrected chi connectivity index (χ3v) is 3.89. The fourth-order valence-corrected chi connectivity index (χ4v) is 2.51. The Morgan fingerprint density at radius 1 is 1.08 bits per heavy atom. The summed E-state index contributed by atoms with van der Waals surface area (Å²) in [5.74, 6) is 2.19. The molecule has 2 aromatic carbocycles. The minimum Gasteiger partial charge on any atom is -0.493 e. The van der Waals surface area contributed by atoms with E-state index in [9.17, 15) is 0 Å². The Morgan fingerprint density at radius 3 is 2.38 bits per heavy atom. The van der Waals surface area contributed by atoms with Crippen molar-refractivity contribution in [1.82, 2.24) is 0 Å². The van der Waals surface area contributed by atoms with Crippen LogP contribution >= 0.6 is 0 Å². The maximum absolute atomic E-state index is 5.69. The highest BCUT2D eigenvalue weighted by atomic mass is 16.7. The molecule has 0 unspecified atom stereocenters. The smallest absolute Gasteiger partial charge is 0.231 e. The van der Waals surface area contributed by atoms with Gasteiger partial charge >= 0.3 is 0 Å². The molecule has 0 saturated heterocycles.